The summed E-state index contributed by atoms with van der Waals surface area (Å²) in [5.41, 5.74) is 2.71. The van der Waals surface area contributed by atoms with Crippen LogP contribution < -0.4 is 5.30 Å². The van der Waals surface area contributed by atoms with Crippen LogP contribution in [0.2, 0.25) is 0 Å². The third-order valence-corrected chi connectivity index (χ3v) is 2.99. The second kappa shape index (κ2) is 3.28. The predicted molar refractivity (Wildman–Crippen MR) is 56.9 cm³/mol. The topological polar surface area (TPSA) is 0 Å². The van der Waals surface area contributed by atoms with Gasteiger partial charge in [-0.15, -0.1) is 0 Å². The molecule has 0 aliphatic rings. The standard InChI is InChI=1S/C10H15P/c1-8-5-9(2)7-10(6-8)11(3)4/h5-7,11H,3H2,1-2,4H3. The molecule has 1 rings (SSSR count). The highest BCUT2D eigenvalue weighted by Crippen LogP contribution is 2.14. The van der Waals surface area contributed by atoms with Gasteiger partial charge >= 0.3 is 0 Å². The number of aryl methyl sites for hydroxylation is 2. The van der Waals surface area contributed by atoms with Crippen LogP contribution in [-0.2, 0) is 0 Å². The first-order chi connectivity index (χ1) is 5.09. The van der Waals surface area contributed by atoms with Gasteiger partial charge in [0.25, 0.3) is 0 Å². The van der Waals surface area contributed by atoms with E-state index in [9.17, 15) is 0 Å². The van der Waals surface area contributed by atoms with Gasteiger partial charge in [-0.2, -0.15) is 0 Å². The molecule has 1 atom stereocenters. The molecule has 1 aromatic carbocycles. The van der Waals surface area contributed by atoms with Crippen LogP contribution in [0.3, 0.4) is 0 Å². The molecule has 1 aromatic rings. The summed E-state index contributed by atoms with van der Waals surface area (Å²) >= 11 is 0. The maximum absolute atomic E-state index is 4.09. The monoisotopic (exact) mass is 166 g/mol. The lowest BCUT2D eigenvalue weighted by Crippen LogP contribution is -1.97. The SMILES string of the molecule is C=[PH](C)c1cc(C)cc(C)c1. The van der Waals surface area contributed by atoms with Crippen LogP contribution in [0.1, 0.15) is 11.1 Å². The highest BCUT2D eigenvalue weighted by Gasteiger charge is 1.93. The lowest BCUT2D eigenvalue weighted by Gasteiger charge is -2.03. The van der Waals surface area contributed by atoms with Crippen molar-refractivity contribution >= 4 is 19.1 Å². The average Bonchev–Trinajstić information content (AvgIpc) is 1.85. The Morgan fingerprint density at radius 3 is 1.91 bits per heavy atom. The normalized spacial score (nSPS) is 13.0. The van der Waals surface area contributed by atoms with E-state index in [1.165, 1.54) is 16.4 Å². The van der Waals surface area contributed by atoms with Gasteiger partial charge in [-0.05, 0) is 25.8 Å². The molecule has 0 saturated heterocycles. The molecule has 0 bridgehead atoms. The zero-order valence-corrected chi connectivity index (χ0v) is 8.44. The van der Waals surface area contributed by atoms with Gasteiger partial charge < -0.3 is 0 Å². The molecule has 0 spiro atoms. The van der Waals surface area contributed by atoms with Crippen molar-refractivity contribution in [3.8, 4) is 0 Å². The van der Waals surface area contributed by atoms with Gasteiger partial charge in [-0.25, -0.2) is 0 Å². The van der Waals surface area contributed by atoms with E-state index in [1.54, 1.807) is 0 Å². The van der Waals surface area contributed by atoms with Crippen LogP contribution >= 0.6 is 7.55 Å². The van der Waals surface area contributed by atoms with E-state index >= 15 is 0 Å². The first-order valence-electron chi connectivity index (χ1n) is 3.84. The molecular formula is C10H15P. The van der Waals surface area contributed by atoms with Gasteiger partial charge in [-0.3, -0.25) is 0 Å². The fourth-order valence-electron chi connectivity index (χ4n) is 1.22. The summed E-state index contributed by atoms with van der Waals surface area (Å²) in [7, 11) is -0.506. The minimum Gasteiger partial charge on any atom is -0.0997 e. The number of benzene rings is 1. The van der Waals surface area contributed by atoms with Gasteiger partial charge in [0.15, 0.2) is 0 Å². The van der Waals surface area contributed by atoms with Crippen molar-refractivity contribution in [3.63, 3.8) is 0 Å². The fraction of sp³-hybridized carbons (Fsp3) is 0.300. The largest absolute Gasteiger partial charge is 0.0997 e. The Morgan fingerprint density at radius 1 is 1.09 bits per heavy atom. The Hall–Kier alpha value is -0.480. The smallest absolute Gasteiger partial charge is 0.0276 e. The predicted octanol–water partition coefficient (Wildman–Crippen LogP) is 2.20. The minimum atomic E-state index is -0.506. The van der Waals surface area contributed by atoms with Crippen LogP contribution in [-0.4, -0.2) is 13.0 Å². The van der Waals surface area contributed by atoms with Gasteiger partial charge in [-0.1, -0.05) is 43.2 Å². The van der Waals surface area contributed by atoms with Crippen LogP contribution in [0.5, 0.6) is 0 Å². The summed E-state index contributed by atoms with van der Waals surface area (Å²) in [4.78, 5) is 0. The first kappa shape index (κ1) is 8.62. The van der Waals surface area contributed by atoms with Gasteiger partial charge in [0.2, 0.25) is 0 Å². The molecule has 0 aromatic heterocycles. The Labute approximate surface area is 69.6 Å². The Kier molecular flexibility index (Phi) is 2.57. The minimum absolute atomic E-state index is 0.506. The number of hydrogen-bond acceptors (Lipinski definition) is 0. The van der Waals surface area contributed by atoms with Crippen molar-refractivity contribution in [2.45, 2.75) is 13.8 Å². The van der Waals surface area contributed by atoms with Gasteiger partial charge in [0, 0.05) is 0 Å². The molecule has 60 valence electrons. The first-order valence-corrected chi connectivity index (χ1v) is 6.04. The fourth-order valence-corrected chi connectivity index (χ4v) is 2.17. The summed E-state index contributed by atoms with van der Waals surface area (Å²) < 4.78 is 0. The van der Waals surface area contributed by atoms with Gasteiger partial charge in [0.05, 0.1) is 0 Å². The van der Waals surface area contributed by atoms with Gasteiger partial charge in [0.1, 0.15) is 0 Å². The van der Waals surface area contributed by atoms with E-state index in [0.29, 0.717) is 0 Å². The molecule has 0 heterocycles. The molecule has 1 unspecified atom stereocenters. The molecule has 0 nitrogen and oxygen atoms in total. The average molecular weight is 166 g/mol. The van der Waals surface area contributed by atoms with E-state index in [1.807, 2.05) is 0 Å². The second-order valence-electron chi connectivity index (χ2n) is 3.16. The van der Waals surface area contributed by atoms with Crippen LogP contribution in [0.4, 0.5) is 0 Å². The molecule has 0 N–H and O–H groups in total. The van der Waals surface area contributed by atoms with E-state index in [0.717, 1.165) is 0 Å². The highest BCUT2D eigenvalue weighted by atomic mass is 31.1. The molecular weight excluding hydrogens is 151 g/mol. The van der Waals surface area contributed by atoms with Crippen molar-refractivity contribution in [2.24, 2.45) is 0 Å². The Balaban J connectivity index is 3.19. The summed E-state index contributed by atoms with van der Waals surface area (Å²) in [6.45, 7) is 6.50. The lowest BCUT2D eigenvalue weighted by atomic mass is 10.2. The number of hydrogen-bond donors (Lipinski definition) is 0. The quantitative estimate of drug-likeness (QED) is 0.561. The summed E-state index contributed by atoms with van der Waals surface area (Å²) in [5.74, 6) is 0. The molecule has 11 heavy (non-hydrogen) atoms. The van der Waals surface area contributed by atoms with E-state index < -0.39 is 7.55 Å². The molecule has 0 radical (unpaired) electrons. The zero-order chi connectivity index (χ0) is 8.43. The molecule has 0 aliphatic carbocycles. The number of rotatable bonds is 1. The molecule has 0 amide bonds. The summed E-state index contributed by atoms with van der Waals surface area (Å²) in [6, 6.07) is 6.69. The van der Waals surface area contributed by atoms with Crippen molar-refractivity contribution < 1.29 is 0 Å². The van der Waals surface area contributed by atoms with Crippen molar-refractivity contribution in [1.82, 2.24) is 0 Å². The lowest BCUT2D eigenvalue weighted by molar-refractivity contribution is 1.40. The summed E-state index contributed by atoms with van der Waals surface area (Å²) in [5, 5.41) is 1.44. The molecule has 0 aliphatic heterocycles. The molecule has 1 heteroatoms. The zero-order valence-electron chi connectivity index (χ0n) is 7.44. The third-order valence-electron chi connectivity index (χ3n) is 1.71. The van der Waals surface area contributed by atoms with Crippen molar-refractivity contribution in [3.05, 3.63) is 29.3 Å². The van der Waals surface area contributed by atoms with Crippen LogP contribution in [0.15, 0.2) is 18.2 Å². The molecule has 0 fully saturated rings. The maximum atomic E-state index is 4.09. The Bertz CT molecular complexity index is 267. The highest BCUT2D eigenvalue weighted by molar-refractivity contribution is 7.62. The molecule has 0 saturated carbocycles. The van der Waals surface area contributed by atoms with E-state index in [2.05, 4.69) is 45.0 Å². The third kappa shape index (κ3) is 2.24. The van der Waals surface area contributed by atoms with E-state index in [-0.39, 0.29) is 0 Å². The Morgan fingerprint density at radius 2 is 1.55 bits per heavy atom. The van der Waals surface area contributed by atoms with E-state index in [4.69, 9.17) is 0 Å². The summed E-state index contributed by atoms with van der Waals surface area (Å²) in [6.07, 6.45) is 4.09. The second-order valence-corrected chi connectivity index (χ2v) is 5.29. The van der Waals surface area contributed by atoms with Crippen LogP contribution in [0.25, 0.3) is 0 Å². The van der Waals surface area contributed by atoms with Crippen molar-refractivity contribution in [2.75, 3.05) is 6.66 Å². The van der Waals surface area contributed by atoms with Crippen LogP contribution in [0, 0.1) is 13.8 Å². The van der Waals surface area contributed by atoms with Crippen molar-refractivity contribution in [1.29, 1.82) is 0 Å². The maximum Gasteiger partial charge on any atom is -0.0276 e.